The second-order valence-corrected chi connectivity index (χ2v) is 6.97. The van der Waals surface area contributed by atoms with Gasteiger partial charge in [-0.1, -0.05) is 26.0 Å². The minimum Gasteiger partial charge on any atom is -0.466 e. The molecule has 2 rings (SSSR count). The minimum atomic E-state index is -0.451. The summed E-state index contributed by atoms with van der Waals surface area (Å²) in [5.41, 5.74) is 1.85. The summed E-state index contributed by atoms with van der Waals surface area (Å²) in [7, 11) is 0. The van der Waals surface area contributed by atoms with Gasteiger partial charge in [-0.25, -0.2) is 0 Å². The summed E-state index contributed by atoms with van der Waals surface area (Å²) < 4.78 is 5.08. The number of nitrogens with one attached hydrogen (secondary N) is 1. The SMILES string of the molecule is CCOC(=O)C1CCCN(/C=C(/C#N)C(=O)Nc2ccc(C(C)C)cc2)C1. The second kappa shape index (κ2) is 9.77. The zero-order valence-electron chi connectivity index (χ0n) is 16.2. The highest BCUT2D eigenvalue weighted by Crippen LogP contribution is 2.20. The van der Waals surface area contributed by atoms with E-state index in [1.807, 2.05) is 35.2 Å². The topological polar surface area (TPSA) is 82.4 Å². The number of carbonyl (C=O) groups excluding carboxylic acids is 2. The van der Waals surface area contributed by atoms with Gasteiger partial charge in [-0.2, -0.15) is 5.26 Å². The Morgan fingerprint density at radius 2 is 2.07 bits per heavy atom. The van der Waals surface area contributed by atoms with Gasteiger partial charge in [0.1, 0.15) is 11.6 Å². The van der Waals surface area contributed by atoms with Gasteiger partial charge in [-0.15, -0.1) is 0 Å². The molecule has 6 nitrogen and oxygen atoms in total. The lowest BCUT2D eigenvalue weighted by Gasteiger charge is -2.30. The van der Waals surface area contributed by atoms with Gasteiger partial charge in [-0.05, 0) is 43.4 Å². The predicted octanol–water partition coefficient (Wildman–Crippen LogP) is 3.43. The van der Waals surface area contributed by atoms with Crippen LogP contribution >= 0.6 is 0 Å². The number of hydrogen-bond donors (Lipinski definition) is 1. The Morgan fingerprint density at radius 3 is 2.67 bits per heavy atom. The number of carbonyl (C=O) groups is 2. The molecule has 0 aliphatic carbocycles. The Kier molecular flexibility index (Phi) is 7.42. The van der Waals surface area contributed by atoms with Crippen LogP contribution in [-0.2, 0) is 14.3 Å². The van der Waals surface area contributed by atoms with Crippen molar-refractivity contribution in [1.29, 1.82) is 5.26 Å². The van der Waals surface area contributed by atoms with Crippen molar-refractivity contribution in [2.45, 2.75) is 39.5 Å². The van der Waals surface area contributed by atoms with E-state index in [1.165, 1.54) is 5.56 Å². The van der Waals surface area contributed by atoms with Crippen molar-refractivity contribution in [1.82, 2.24) is 4.90 Å². The third kappa shape index (κ3) is 5.85. The average Bonchev–Trinajstić information content (AvgIpc) is 2.66. The lowest BCUT2D eigenvalue weighted by Crippen LogP contribution is -2.37. The summed E-state index contributed by atoms with van der Waals surface area (Å²) in [5, 5.41) is 12.1. The number of hydrogen-bond acceptors (Lipinski definition) is 5. The van der Waals surface area contributed by atoms with E-state index < -0.39 is 5.91 Å². The molecule has 6 heteroatoms. The van der Waals surface area contributed by atoms with Crippen LogP contribution in [-0.4, -0.2) is 36.5 Å². The standard InChI is InChI=1S/C21H27N3O3/c1-4-27-21(26)17-6-5-11-24(13-17)14-18(12-22)20(25)23-19-9-7-16(8-10-19)15(2)3/h7-10,14-15,17H,4-6,11,13H2,1-3H3,(H,23,25)/b18-14-. The molecule has 1 aromatic carbocycles. The van der Waals surface area contributed by atoms with E-state index in [4.69, 9.17) is 4.74 Å². The average molecular weight is 369 g/mol. The van der Waals surface area contributed by atoms with Gasteiger partial charge in [0.25, 0.3) is 5.91 Å². The largest absolute Gasteiger partial charge is 0.466 e. The number of nitrogens with zero attached hydrogens (tertiary/aromatic N) is 2. The molecule has 1 fully saturated rings. The van der Waals surface area contributed by atoms with Crippen molar-refractivity contribution in [3.63, 3.8) is 0 Å². The Hall–Kier alpha value is -2.81. The number of ether oxygens (including phenoxy) is 1. The molecule has 1 saturated heterocycles. The highest BCUT2D eigenvalue weighted by molar-refractivity contribution is 6.06. The van der Waals surface area contributed by atoms with Crippen LogP contribution in [0.4, 0.5) is 5.69 Å². The fourth-order valence-corrected chi connectivity index (χ4v) is 3.05. The van der Waals surface area contributed by atoms with Crippen LogP contribution in [0.2, 0.25) is 0 Å². The van der Waals surface area contributed by atoms with E-state index in [1.54, 1.807) is 13.1 Å². The van der Waals surface area contributed by atoms with Gasteiger partial charge < -0.3 is 15.0 Å². The smallest absolute Gasteiger partial charge is 0.310 e. The zero-order valence-corrected chi connectivity index (χ0v) is 16.2. The summed E-state index contributed by atoms with van der Waals surface area (Å²) >= 11 is 0. The number of nitriles is 1. The molecule has 1 N–H and O–H groups in total. The van der Waals surface area contributed by atoms with Crippen LogP contribution in [0.25, 0.3) is 0 Å². The maximum Gasteiger partial charge on any atom is 0.310 e. The maximum atomic E-state index is 12.4. The number of rotatable bonds is 6. The summed E-state index contributed by atoms with van der Waals surface area (Å²) in [6, 6.07) is 9.55. The number of amides is 1. The normalized spacial score (nSPS) is 17.4. The molecule has 0 spiro atoms. The second-order valence-electron chi connectivity index (χ2n) is 6.97. The van der Waals surface area contributed by atoms with Crippen molar-refractivity contribution in [2.75, 3.05) is 25.0 Å². The molecule has 144 valence electrons. The first-order valence-electron chi connectivity index (χ1n) is 9.38. The van der Waals surface area contributed by atoms with E-state index in [-0.39, 0.29) is 17.5 Å². The van der Waals surface area contributed by atoms with Crippen molar-refractivity contribution in [3.05, 3.63) is 41.6 Å². The number of esters is 1. The lowest BCUT2D eigenvalue weighted by atomic mass is 9.98. The number of likely N-dealkylation sites (tertiary alicyclic amines) is 1. The van der Waals surface area contributed by atoms with E-state index >= 15 is 0 Å². The maximum absolute atomic E-state index is 12.4. The van der Waals surface area contributed by atoms with Crippen LogP contribution in [0.5, 0.6) is 0 Å². The van der Waals surface area contributed by atoms with Crippen molar-refractivity contribution in [3.8, 4) is 6.07 Å². The molecular weight excluding hydrogens is 342 g/mol. The van der Waals surface area contributed by atoms with E-state index in [9.17, 15) is 14.9 Å². The first kappa shape index (κ1) is 20.5. The first-order valence-corrected chi connectivity index (χ1v) is 9.38. The molecule has 1 amide bonds. The fraction of sp³-hybridized carbons (Fsp3) is 0.476. The Balaban J connectivity index is 2.02. The van der Waals surface area contributed by atoms with Crippen LogP contribution in [0.1, 0.15) is 45.1 Å². The zero-order chi connectivity index (χ0) is 19.8. The van der Waals surface area contributed by atoms with Crippen LogP contribution < -0.4 is 5.32 Å². The summed E-state index contributed by atoms with van der Waals surface area (Å²) in [5.74, 6) is -0.478. The molecular formula is C21H27N3O3. The Labute approximate surface area is 160 Å². The molecule has 0 aromatic heterocycles. The molecule has 1 aliphatic rings. The molecule has 1 unspecified atom stereocenters. The fourth-order valence-electron chi connectivity index (χ4n) is 3.05. The van der Waals surface area contributed by atoms with Gasteiger partial charge in [0.05, 0.1) is 12.5 Å². The van der Waals surface area contributed by atoms with Gasteiger partial charge in [0, 0.05) is 25.0 Å². The van der Waals surface area contributed by atoms with Crippen LogP contribution in [0.3, 0.4) is 0 Å². The summed E-state index contributed by atoms with van der Waals surface area (Å²) in [6.45, 7) is 7.51. The predicted molar refractivity (Wildman–Crippen MR) is 104 cm³/mol. The third-order valence-corrected chi connectivity index (χ3v) is 4.58. The molecule has 1 aromatic rings. The Bertz CT molecular complexity index is 732. The number of piperidine rings is 1. The molecule has 1 heterocycles. The van der Waals surface area contributed by atoms with Gasteiger partial charge in [0.15, 0.2) is 0 Å². The molecule has 27 heavy (non-hydrogen) atoms. The van der Waals surface area contributed by atoms with Crippen molar-refractivity contribution >= 4 is 17.6 Å². The molecule has 1 atom stereocenters. The number of anilines is 1. The molecule has 0 radical (unpaired) electrons. The number of benzene rings is 1. The highest BCUT2D eigenvalue weighted by Gasteiger charge is 2.26. The van der Waals surface area contributed by atoms with Gasteiger partial charge in [-0.3, -0.25) is 9.59 Å². The highest BCUT2D eigenvalue weighted by atomic mass is 16.5. The lowest BCUT2D eigenvalue weighted by molar-refractivity contribution is -0.149. The van der Waals surface area contributed by atoms with E-state index in [0.717, 1.165) is 12.8 Å². The minimum absolute atomic E-state index is 0.0208. The van der Waals surface area contributed by atoms with Crippen molar-refractivity contribution < 1.29 is 14.3 Å². The van der Waals surface area contributed by atoms with Crippen molar-refractivity contribution in [2.24, 2.45) is 5.92 Å². The van der Waals surface area contributed by atoms with Gasteiger partial charge in [0.2, 0.25) is 0 Å². The van der Waals surface area contributed by atoms with Crippen LogP contribution in [0, 0.1) is 17.2 Å². The third-order valence-electron chi connectivity index (χ3n) is 4.58. The molecule has 1 aliphatic heterocycles. The molecule has 0 bridgehead atoms. The van der Waals surface area contributed by atoms with Gasteiger partial charge >= 0.3 is 5.97 Å². The summed E-state index contributed by atoms with van der Waals surface area (Å²) in [6.07, 6.45) is 3.12. The van der Waals surface area contributed by atoms with E-state index in [0.29, 0.717) is 31.3 Å². The Morgan fingerprint density at radius 1 is 1.37 bits per heavy atom. The molecule has 0 saturated carbocycles. The van der Waals surface area contributed by atoms with Crippen LogP contribution in [0.15, 0.2) is 36.0 Å². The summed E-state index contributed by atoms with van der Waals surface area (Å²) in [4.78, 5) is 26.2. The first-order chi connectivity index (χ1) is 12.9. The van der Waals surface area contributed by atoms with E-state index in [2.05, 4.69) is 19.2 Å². The quantitative estimate of drug-likeness (QED) is 0.472. The monoisotopic (exact) mass is 369 g/mol.